The summed E-state index contributed by atoms with van der Waals surface area (Å²) in [4.78, 5) is 0. The van der Waals surface area contributed by atoms with Crippen LogP contribution in [0.4, 0.5) is 0 Å². The molecule has 3 heteroatoms. The molecule has 1 N–H and O–H groups in total. The van der Waals surface area contributed by atoms with Gasteiger partial charge in [-0.15, -0.1) is 0 Å². The lowest BCUT2D eigenvalue weighted by atomic mass is 10.0. The van der Waals surface area contributed by atoms with E-state index in [4.69, 9.17) is 4.42 Å². The van der Waals surface area contributed by atoms with Crippen LogP contribution in [0.25, 0.3) is 22.1 Å². The predicted octanol–water partition coefficient (Wildman–Crippen LogP) is 3.43. The largest absolute Gasteiger partial charge is 0.452 e. The molecule has 0 bridgehead atoms. The summed E-state index contributed by atoms with van der Waals surface area (Å²) in [6, 6.07) is 6.24. The van der Waals surface area contributed by atoms with E-state index in [1.54, 1.807) is 6.20 Å². The van der Waals surface area contributed by atoms with Gasteiger partial charge in [-0.05, 0) is 17.5 Å². The molecular formula is C12H12N2O. The number of nitrogens with zero attached hydrogens (tertiary/aromatic N) is 1. The number of rotatable bonds is 1. The van der Waals surface area contributed by atoms with Crippen molar-refractivity contribution >= 4 is 22.1 Å². The number of aromatic nitrogens is 2. The maximum Gasteiger partial charge on any atom is 0.173 e. The van der Waals surface area contributed by atoms with E-state index in [9.17, 15) is 0 Å². The van der Waals surface area contributed by atoms with Gasteiger partial charge in [-0.25, -0.2) is 0 Å². The molecule has 0 atom stereocenters. The first kappa shape index (κ1) is 8.53. The molecular weight excluding hydrogens is 188 g/mol. The van der Waals surface area contributed by atoms with Crippen molar-refractivity contribution in [2.75, 3.05) is 0 Å². The minimum atomic E-state index is 0.469. The first-order valence-corrected chi connectivity index (χ1v) is 5.12. The van der Waals surface area contributed by atoms with Crippen LogP contribution in [0.5, 0.6) is 0 Å². The van der Waals surface area contributed by atoms with Gasteiger partial charge in [0.1, 0.15) is 11.1 Å². The summed E-state index contributed by atoms with van der Waals surface area (Å²) in [5, 5.41) is 8.05. The fourth-order valence-electron chi connectivity index (χ4n) is 1.98. The molecule has 0 aliphatic carbocycles. The summed E-state index contributed by atoms with van der Waals surface area (Å²) in [6.07, 6.45) is 1.72. The molecule has 3 rings (SSSR count). The third-order valence-corrected chi connectivity index (χ3v) is 2.75. The Bertz CT molecular complexity index is 619. The number of H-pyrrole nitrogens is 1. The molecule has 3 aromatic rings. The van der Waals surface area contributed by atoms with Gasteiger partial charge < -0.3 is 4.42 Å². The average molecular weight is 200 g/mol. The second-order valence-electron chi connectivity index (χ2n) is 4.09. The van der Waals surface area contributed by atoms with Gasteiger partial charge in [0.2, 0.25) is 0 Å². The molecule has 0 aliphatic heterocycles. The molecule has 76 valence electrons. The topological polar surface area (TPSA) is 41.8 Å². The summed E-state index contributed by atoms with van der Waals surface area (Å²) < 4.78 is 5.79. The van der Waals surface area contributed by atoms with Crippen LogP contribution in [-0.2, 0) is 0 Å². The van der Waals surface area contributed by atoms with Crippen molar-refractivity contribution in [1.29, 1.82) is 0 Å². The van der Waals surface area contributed by atoms with E-state index in [0.717, 1.165) is 22.1 Å². The van der Waals surface area contributed by atoms with E-state index < -0.39 is 0 Å². The maximum atomic E-state index is 5.79. The van der Waals surface area contributed by atoms with Crippen LogP contribution in [0.15, 0.2) is 28.8 Å². The van der Waals surface area contributed by atoms with E-state index in [1.165, 1.54) is 5.56 Å². The first-order valence-electron chi connectivity index (χ1n) is 5.12. The van der Waals surface area contributed by atoms with Gasteiger partial charge in [0, 0.05) is 5.39 Å². The summed E-state index contributed by atoms with van der Waals surface area (Å²) in [6.45, 7) is 4.34. The van der Waals surface area contributed by atoms with Gasteiger partial charge in [0.25, 0.3) is 0 Å². The highest BCUT2D eigenvalue weighted by Gasteiger charge is 2.13. The van der Waals surface area contributed by atoms with Crippen LogP contribution in [0.2, 0.25) is 0 Å². The number of furan rings is 1. The summed E-state index contributed by atoms with van der Waals surface area (Å²) in [5.41, 5.74) is 4.05. The Hall–Kier alpha value is -1.77. The lowest BCUT2D eigenvalue weighted by molar-refractivity contribution is 0.656. The SMILES string of the molecule is CC(C)c1cccc2c1oc1cn[nH]c12. The number of benzene rings is 1. The van der Waals surface area contributed by atoms with E-state index in [2.05, 4.69) is 42.2 Å². The fourth-order valence-corrected chi connectivity index (χ4v) is 1.98. The van der Waals surface area contributed by atoms with E-state index in [-0.39, 0.29) is 0 Å². The monoisotopic (exact) mass is 200 g/mol. The average Bonchev–Trinajstić information content (AvgIpc) is 2.75. The van der Waals surface area contributed by atoms with Gasteiger partial charge in [0.05, 0.1) is 6.20 Å². The lowest BCUT2D eigenvalue weighted by Crippen LogP contribution is -1.86. The Morgan fingerprint density at radius 1 is 1.33 bits per heavy atom. The van der Waals surface area contributed by atoms with Gasteiger partial charge in [-0.1, -0.05) is 26.0 Å². The van der Waals surface area contributed by atoms with E-state index in [0.29, 0.717) is 5.92 Å². The van der Waals surface area contributed by atoms with Crippen molar-refractivity contribution in [3.63, 3.8) is 0 Å². The number of hydrogen-bond acceptors (Lipinski definition) is 2. The van der Waals surface area contributed by atoms with Crippen molar-refractivity contribution < 1.29 is 4.42 Å². The molecule has 0 amide bonds. The van der Waals surface area contributed by atoms with Crippen molar-refractivity contribution in [2.45, 2.75) is 19.8 Å². The highest BCUT2D eigenvalue weighted by atomic mass is 16.3. The van der Waals surface area contributed by atoms with Crippen molar-refractivity contribution in [3.05, 3.63) is 30.0 Å². The molecule has 1 aromatic carbocycles. The zero-order valence-corrected chi connectivity index (χ0v) is 8.74. The predicted molar refractivity (Wildman–Crippen MR) is 60.0 cm³/mol. The van der Waals surface area contributed by atoms with Crippen molar-refractivity contribution in [1.82, 2.24) is 10.2 Å². The first-order chi connectivity index (χ1) is 7.27. The molecule has 0 aliphatic rings. The Labute approximate surface area is 87.1 Å². The van der Waals surface area contributed by atoms with Crippen molar-refractivity contribution in [2.24, 2.45) is 0 Å². The quantitative estimate of drug-likeness (QED) is 0.653. The summed E-state index contributed by atoms with van der Waals surface area (Å²) >= 11 is 0. The third-order valence-electron chi connectivity index (χ3n) is 2.75. The Balaban J connectivity index is 2.48. The standard InChI is InChI=1S/C12H12N2O/c1-7(2)8-4-3-5-9-11-10(6-13-14-11)15-12(8)9/h3-7H,1-2H3,(H,13,14). The highest BCUT2D eigenvalue weighted by Crippen LogP contribution is 2.32. The Kier molecular flexibility index (Phi) is 1.63. The fraction of sp³-hybridized carbons (Fsp3) is 0.250. The molecule has 2 aromatic heterocycles. The summed E-state index contributed by atoms with van der Waals surface area (Å²) in [7, 11) is 0. The molecule has 0 unspecified atom stereocenters. The van der Waals surface area contributed by atoms with Crippen LogP contribution >= 0.6 is 0 Å². The zero-order valence-electron chi connectivity index (χ0n) is 8.74. The molecule has 3 nitrogen and oxygen atoms in total. The molecule has 0 spiro atoms. The van der Waals surface area contributed by atoms with Gasteiger partial charge >= 0.3 is 0 Å². The molecule has 0 radical (unpaired) electrons. The van der Waals surface area contributed by atoms with Crippen LogP contribution in [-0.4, -0.2) is 10.2 Å². The second-order valence-corrected chi connectivity index (χ2v) is 4.09. The maximum absolute atomic E-state index is 5.79. The van der Waals surface area contributed by atoms with Gasteiger partial charge in [-0.2, -0.15) is 5.10 Å². The smallest absolute Gasteiger partial charge is 0.173 e. The minimum Gasteiger partial charge on any atom is -0.452 e. The molecule has 2 heterocycles. The van der Waals surface area contributed by atoms with Crippen LogP contribution in [0.3, 0.4) is 0 Å². The Morgan fingerprint density at radius 2 is 2.20 bits per heavy atom. The molecule has 0 fully saturated rings. The molecule has 15 heavy (non-hydrogen) atoms. The van der Waals surface area contributed by atoms with Gasteiger partial charge in [0.15, 0.2) is 5.58 Å². The number of hydrogen-bond donors (Lipinski definition) is 1. The minimum absolute atomic E-state index is 0.469. The lowest BCUT2D eigenvalue weighted by Gasteiger charge is -2.04. The van der Waals surface area contributed by atoms with Crippen LogP contribution in [0, 0.1) is 0 Å². The molecule has 0 saturated heterocycles. The van der Waals surface area contributed by atoms with Crippen LogP contribution < -0.4 is 0 Å². The number of para-hydroxylation sites is 1. The summed E-state index contributed by atoms with van der Waals surface area (Å²) in [5.74, 6) is 0.469. The van der Waals surface area contributed by atoms with Crippen molar-refractivity contribution in [3.8, 4) is 0 Å². The normalized spacial score (nSPS) is 11.9. The number of fused-ring (bicyclic) bond motifs is 3. The number of aromatic amines is 1. The zero-order chi connectivity index (χ0) is 10.4. The Morgan fingerprint density at radius 3 is 3.00 bits per heavy atom. The van der Waals surface area contributed by atoms with Crippen LogP contribution in [0.1, 0.15) is 25.3 Å². The molecule has 0 saturated carbocycles. The second kappa shape index (κ2) is 2.86. The van der Waals surface area contributed by atoms with Gasteiger partial charge in [-0.3, -0.25) is 5.10 Å². The highest BCUT2D eigenvalue weighted by molar-refractivity contribution is 6.03. The van der Waals surface area contributed by atoms with E-state index >= 15 is 0 Å². The van der Waals surface area contributed by atoms with E-state index in [1.807, 2.05) is 0 Å². The third kappa shape index (κ3) is 1.09. The number of nitrogens with one attached hydrogen (secondary N) is 1.